The minimum atomic E-state index is -0.452. The molecule has 0 unspecified atom stereocenters. The van der Waals surface area contributed by atoms with Gasteiger partial charge < -0.3 is 9.72 Å². The number of aromatic nitrogens is 1. The summed E-state index contributed by atoms with van der Waals surface area (Å²) in [6, 6.07) is 6.40. The summed E-state index contributed by atoms with van der Waals surface area (Å²) in [4.78, 5) is 27.1. The van der Waals surface area contributed by atoms with Crippen molar-refractivity contribution in [3.8, 4) is 0 Å². The van der Waals surface area contributed by atoms with Crippen LogP contribution in [0.3, 0.4) is 0 Å². The van der Waals surface area contributed by atoms with Crippen LogP contribution in [0.1, 0.15) is 16.4 Å². The first kappa shape index (κ1) is 13.1. The Balaban J connectivity index is 1.94. The summed E-state index contributed by atoms with van der Waals surface area (Å²) in [5.74, 6) is -1.57. The Kier molecular flexibility index (Phi) is 2.93. The molecule has 21 heavy (non-hydrogen) atoms. The molecule has 0 radical (unpaired) electrons. The van der Waals surface area contributed by atoms with Gasteiger partial charge in [0.15, 0.2) is 0 Å². The normalized spacial score (nSPS) is 27.1. The number of H-pyrrole nitrogens is 1. The SMILES string of the molecule is O=C1OC[C@H]2Sc3[nH]c(=O)sc3[C@@H](c3ccccc3F)[C@@H]12. The van der Waals surface area contributed by atoms with E-state index in [1.807, 2.05) is 0 Å². The topological polar surface area (TPSA) is 59.2 Å². The number of nitrogens with one attached hydrogen (secondary N) is 1. The summed E-state index contributed by atoms with van der Waals surface area (Å²) >= 11 is 2.49. The molecule has 1 aromatic heterocycles. The van der Waals surface area contributed by atoms with Gasteiger partial charge in [0, 0.05) is 10.8 Å². The fraction of sp³-hybridized carbons (Fsp3) is 0.286. The van der Waals surface area contributed by atoms with Crippen molar-refractivity contribution < 1.29 is 13.9 Å². The molecule has 108 valence electrons. The summed E-state index contributed by atoms with van der Waals surface area (Å²) in [5, 5.41) is 0.651. The van der Waals surface area contributed by atoms with Gasteiger partial charge in [-0.25, -0.2) is 4.39 Å². The standard InChI is InChI=1S/C14H10FNO3S2/c15-7-4-2-1-3-6(7)9-10-8(5-19-13(10)17)20-12-11(9)21-14(18)16-12/h1-4,8-10H,5H2,(H,16,18)/t8-,9+,10+/m1/s1. The van der Waals surface area contributed by atoms with Crippen molar-refractivity contribution in [2.45, 2.75) is 16.2 Å². The highest BCUT2D eigenvalue weighted by Crippen LogP contribution is 2.51. The number of aromatic amines is 1. The molecule has 7 heteroatoms. The van der Waals surface area contributed by atoms with Crippen molar-refractivity contribution in [3.63, 3.8) is 0 Å². The lowest BCUT2D eigenvalue weighted by Crippen LogP contribution is -2.30. The highest BCUT2D eigenvalue weighted by Gasteiger charge is 2.49. The number of hydrogen-bond donors (Lipinski definition) is 1. The van der Waals surface area contributed by atoms with Crippen LogP contribution in [0.4, 0.5) is 4.39 Å². The van der Waals surface area contributed by atoms with Gasteiger partial charge in [0.05, 0.1) is 16.2 Å². The van der Waals surface area contributed by atoms with E-state index in [1.165, 1.54) is 17.8 Å². The highest BCUT2D eigenvalue weighted by atomic mass is 32.2. The van der Waals surface area contributed by atoms with Crippen LogP contribution in [0, 0.1) is 11.7 Å². The van der Waals surface area contributed by atoms with Crippen molar-refractivity contribution in [1.29, 1.82) is 0 Å². The Morgan fingerprint density at radius 1 is 1.29 bits per heavy atom. The van der Waals surface area contributed by atoms with Gasteiger partial charge in [-0.1, -0.05) is 41.3 Å². The lowest BCUT2D eigenvalue weighted by atomic mass is 9.83. The molecule has 3 atom stereocenters. The zero-order valence-electron chi connectivity index (χ0n) is 10.7. The number of benzene rings is 1. The second kappa shape index (κ2) is 4.71. The maximum Gasteiger partial charge on any atom is 0.311 e. The summed E-state index contributed by atoms with van der Waals surface area (Å²) in [6.45, 7) is 0.302. The van der Waals surface area contributed by atoms with Crippen molar-refractivity contribution in [2.24, 2.45) is 5.92 Å². The third kappa shape index (κ3) is 1.95. The van der Waals surface area contributed by atoms with Crippen LogP contribution < -0.4 is 4.87 Å². The summed E-state index contributed by atoms with van der Waals surface area (Å²) in [6.07, 6.45) is 0. The molecule has 2 aromatic rings. The molecule has 1 fully saturated rings. The monoisotopic (exact) mass is 323 g/mol. The van der Waals surface area contributed by atoms with Crippen LogP contribution in [-0.4, -0.2) is 22.8 Å². The number of fused-ring (bicyclic) bond motifs is 2. The van der Waals surface area contributed by atoms with E-state index < -0.39 is 11.8 Å². The van der Waals surface area contributed by atoms with Gasteiger partial charge in [0.25, 0.3) is 0 Å². The third-order valence-corrected chi connectivity index (χ3v) is 6.24. The van der Waals surface area contributed by atoms with E-state index in [0.29, 0.717) is 12.2 Å². The first-order valence-electron chi connectivity index (χ1n) is 6.46. The number of carbonyl (C=O) groups is 1. The maximum atomic E-state index is 14.2. The van der Waals surface area contributed by atoms with Crippen molar-refractivity contribution in [3.05, 3.63) is 50.2 Å². The van der Waals surface area contributed by atoms with Gasteiger partial charge in [-0.3, -0.25) is 9.59 Å². The first-order chi connectivity index (χ1) is 10.1. The van der Waals surface area contributed by atoms with Crippen LogP contribution >= 0.6 is 23.1 Å². The van der Waals surface area contributed by atoms with Gasteiger partial charge in [0.1, 0.15) is 12.4 Å². The Morgan fingerprint density at radius 3 is 2.90 bits per heavy atom. The Labute approximate surface area is 127 Å². The highest BCUT2D eigenvalue weighted by molar-refractivity contribution is 8.00. The second-order valence-electron chi connectivity index (χ2n) is 5.02. The van der Waals surface area contributed by atoms with Crippen LogP contribution in [-0.2, 0) is 9.53 Å². The van der Waals surface area contributed by atoms with Crippen molar-refractivity contribution in [2.75, 3.05) is 6.61 Å². The molecule has 0 saturated carbocycles. The van der Waals surface area contributed by atoms with E-state index >= 15 is 0 Å². The van der Waals surface area contributed by atoms with Gasteiger partial charge >= 0.3 is 10.8 Å². The molecule has 1 aromatic carbocycles. The zero-order chi connectivity index (χ0) is 14.6. The Morgan fingerprint density at radius 2 is 2.10 bits per heavy atom. The van der Waals surface area contributed by atoms with Gasteiger partial charge in [0.2, 0.25) is 0 Å². The number of rotatable bonds is 1. The quantitative estimate of drug-likeness (QED) is 0.819. The first-order valence-corrected chi connectivity index (χ1v) is 8.15. The average molecular weight is 323 g/mol. The van der Waals surface area contributed by atoms with E-state index in [2.05, 4.69) is 4.98 Å². The van der Waals surface area contributed by atoms with Crippen LogP contribution in [0.15, 0.2) is 34.1 Å². The Hall–Kier alpha value is -1.60. The fourth-order valence-corrected chi connectivity index (χ4v) is 5.45. The number of ether oxygens (including phenoxy) is 1. The molecule has 3 heterocycles. The largest absolute Gasteiger partial charge is 0.464 e. The van der Waals surface area contributed by atoms with E-state index in [-0.39, 0.29) is 21.9 Å². The maximum absolute atomic E-state index is 14.2. The predicted molar refractivity (Wildman–Crippen MR) is 77.3 cm³/mol. The molecule has 0 bridgehead atoms. The van der Waals surface area contributed by atoms with E-state index in [1.54, 1.807) is 18.2 Å². The van der Waals surface area contributed by atoms with Gasteiger partial charge in [-0.2, -0.15) is 0 Å². The van der Waals surface area contributed by atoms with Crippen molar-refractivity contribution in [1.82, 2.24) is 4.98 Å². The van der Waals surface area contributed by atoms with Gasteiger partial charge in [-0.05, 0) is 11.6 Å². The number of esters is 1. The molecule has 2 aliphatic heterocycles. The molecule has 0 amide bonds. The molecule has 1 saturated heterocycles. The molecule has 0 aliphatic carbocycles. The number of carbonyl (C=O) groups excluding carboxylic acids is 1. The number of cyclic esters (lactones) is 1. The van der Waals surface area contributed by atoms with E-state index in [0.717, 1.165) is 21.2 Å². The molecular formula is C14H10FNO3S2. The number of halogens is 1. The number of thioether (sulfide) groups is 1. The van der Waals surface area contributed by atoms with E-state index in [9.17, 15) is 14.0 Å². The minimum absolute atomic E-state index is 0.0835. The minimum Gasteiger partial charge on any atom is -0.464 e. The van der Waals surface area contributed by atoms with Crippen molar-refractivity contribution >= 4 is 29.1 Å². The third-order valence-electron chi connectivity index (χ3n) is 3.86. The summed E-state index contributed by atoms with van der Waals surface area (Å²) < 4.78 is 19.4. The molecule has 2 aliphatic rings. The van der Waals surface area contributed by atoms with Gasteiger partial charge in [-0.15, -0.1) is 0 Å². The number of hydrogen-bond acceptors (Lipinski definition) is 5. The van der Waals surface area contributed by atoms with Crippen LogP contribution in [0.5, 0.6) is 0 Å². The summed E-state index contributed by atoms with van der Waals surface area (Å²) in [5.41, 5.74) is 0.447. The van der Waals surface area contributed by atoms with E-state index in [4.69, 9.17) is 4.74 Å². The second-order valence-corrected chi connectivity index (χ2v) is 7.28. The molecular weight excluding hydrogens is 313 g/mol. The predicted octanol–water partition coefficient (Wildman–Crippen LogP) is 2.35. The average Bonchev–Trinajstić information content (AvgIpc) is 3.00. The lowest BCUT2D eigenvalue weighted by molar-refractivity contribution is -0.141. The molecule has 4 rings (SSSR count). The smallest absolute Gasteiger partial charge is 0.311 e. The zero-order valence-corrected chi connectivity index (χ0v) is 12.3. The lowest BCUT2D eigenvalue weighted by Gasteiger charge is -2.29. The summed E-state index contributed by atoms with van der Waals surface area (Å²) in [7, 11) is 0. The van der Waals surface area contributed by atoms with Crippen LogP contribution in [0.25, 0.3) is 0 Å². The van der Waals surface area contributed by atoms with Crippen LogP contribution in [0.2, 0.25) is 0 Å². The fourth-order valence-electron chi connectivity index (χ4n) is 2.97. The molecule has 1 N–H and O–H groups in total. The molecule has 0 spiro atoms. The Bertz CT molecular complexity index is 785. The number of thiazole rings is 1. The molecule has 4 nitrogen and oxygen atoms in total.